The molecule has 0 aliphatic rings. The number of hydrogen-bond donors (Lipinski definition) is 2. The lowest BCUT2D eigenvalue weighted by molar-refractivity contribution is 0.0904. The molecule has 0 aliphatic heterocycles. The summed E-state index contributed by atoms with van der Waals surface area (Å²) in [4.78, 5) is 0. The van der Waals surface area contributed by atoms with Crippen LogP contribution in [0.5, 0.6) is 11.5 Å². The number of benzene rings is 1. The molecule has 5 nitrogen and oxygen atoms in total. The van der Waals surface area contributed by atoms with Gasteiger partial charge in [-0.1, -0.05) is 6.07 Å². The van der Waals surface area contributed by atoms with Crippen molar-refractivity contribution in [3.05, 3.63) is 23.8 Å². The highest BCUT2D eigenvalue weighted by molar-refractivity contribution is 5.42. The van der Waals surface area contributed by atoms with E-state index in [0.29, 0.717) is 13.2 Å². The van der Waals surface area contributed by atoms with Crippen molar-refractivity contribution in [1.29, 1.82) is 0 Å². The zero-order chi connectivity index (χ0) is 14.8. The molecular formula is C15H25NO4. The first-order valence-corrected chi connectivity index (χ1v) is 6.86. The van der Waals surface area contributed by atoms with Gasteiger partial charge in [-0.05, 0) is 26.0 Å². The van der Waals surface area contributed by atoms with Gasteiger partial charge in [-0.15, -0.1) is 0 Å². The first kappa shape index (κ1) is 16.8. The van der Waals surface area contributed by atoms with E-state index >= 15 is 0 Å². The third-order valence-electron chi connectivity index (χ3n) is 3.06. The van der Waals surface area contributed by atoms with Gasteiger partial charge in [-0.2, -0.15) is 0 Å². The Kier molecular flexibility index (Phi) is 8.02. The van der Waals surface area contributed by atoms with Gasteiger partial charge in [0.1, 0.15) is 11.5 Å². The average molecular weight is 283 g/mol. The van der Waals surface area contributed by atoms with Crippen molar-refractivity contribution in [1.82, 2.24) is 5.32 Å². The second-order valence-corrected chi connectivity index (χ2v) is 4.47. The summed E-state index contributed by atoms with van der Waals surface area (Å²) in [6, 6.07) is 6.02. The molecule has 20 heavy (non-hydrogen) atoms. The summed E-state index contributed by atoms with van der Waals surface area (Å²) in [5.74, 6) is 1.61. The van der Waals surface area contributed by atoms with Crippen LogP contribution in [0.2, 0.25) is 0 Å². The highest BCUT2D eigenvalue weighted by Gasteiger charge is 2.11. The molecule has 0 saturated carbocycles. The lowest BCUT2D eigenvalue weighted by Crippen LogP contribution is -2.21. The first-order valence-electron chi connectivity index (χ1n) is 6.86. The van der Waals surface area contributed by atoms with E-state index in [4.69, 9.17) is 19.3 Å². The predicted molar refractivity (Wildman–Crippen MR) is 78.5 cm³/mol. The summed E-state index contributed by atoms with van der Waals surface area (Å²) in [5.41, 5.74) is 1.10. The van der Waals surface area contributed by atoms with Crippen LogP contribution in [0, 0.1) is 0 Å². The van der Waals surface area contributed by atoms with Crippen molar-refractivity contribution in [2.45, 2.75) is 19.4 Å². The smallest absolute Gasteiger partial charge is 0.127 e. The summed E-state index contributed by atoms with van der Waals surface area (Å²) in [6.45, 7) is 4.08. The fraction of sp³-hybridized carbons (Fsp3) is 0.600. The number of aliphatic hydroxyl groups is 1. The van der Waals surface area contributed by atoms with E-state index in [1.807, 2.05) is 18.2 Å². The van der Waals surface area contributed by atoms with E-state index in [9.17, 15) is 0 Å². The fourth-order valence-corrected chi connectivity index (χ4v) is 1.95. The van der Waals surface area contributed by atoms with Gasteiger partial charge in [0, 0.05) is 24.3 Å². The fourth-order valence-electron chi connectivity index (χ4n) is 1.95. The van der Waals surface area contributed by atoms with Gasteiger partial charge < -0.3 is 24.6 Å². The summed E-state index contributed by atoms with van der Waals surface area (Å²) >= 11 is 0. The summed E-state index contributed by atoms with van der Waals surface area (Å²) in [6.07, 6.45) is 0.906. The molecule has 0 amide bonds. The molecule has 5 heteroatoms. The monoisotopic (exact) mass is 283 g/mol. The Morgan fingerprint density at radius 3 is 2.65 bits per heavy atom. The molecule has 0 spiro atoms. The molecule has 0 aromatic heterocycles. The number of ether oxygens (including phenoxy) is 3. The van der Waals surface area contributed by atoms with Gasteiger partial charge >= 0.3 is 0 Å². The Morgan fingerprint density at radius 1 is 1.20 bits per heavy atom. The zero-order valence-corrected chi connectivity index (χ0v) is 12.5. The molecule has 0 bridgehead atoms. The standard InChI is InChI=1S/C15H25NO4/c1-12(16-7-4-9-20-10-8-17)14-6-5-13(18-2)11-15(14)19-3/h5-6,11-12,16-17H,4,7-10H2,1-3H3. The predicted octanol–water partition coefficient (Wildman–Crippen LogP) is 1.75. The first-order chi connectivity index (χ1) is 9.72. The third kappa shape index (κ3) is 5.36. The summed E-state index contributed by atoms with van der Waals surface area (Å²) in [5, 5.41) is 12.0. The number of hydrogen-bond acceptors (Lipinski definition) is 5. The lowest BCUT2D eigenvalue weighted by atomic mass is 10.1. The van der Waals surface area contributed by atoms with Crippen LogP contribution < -0.4 is 14.8 Å². The molecular weight excluding hydrogens is 258 g/mol. The Labute approximate surface area is 120 Å². The van der Waals surface area contributed by atoms with E-state index in [1.165, 1.54) is 0 Å². The minimum atomic E-state index is 0.0763. The van der Waals surface area contributed by atoms with Gasteiger partial charge in [0.2, 0.25) is 0 Å². The zero-order valence-electron chi connectivity index (χ0n) is 12.5. The molecule has 1 unspecified atom stereocenters. The van der Waals surface area contributed by atoms with Gasteiger partial charge in [0.15, 0.2) is 0 Å². The molecule has 2 N–H and O–H groups in total. The van der Waals surface area contributed by atoms with Crippen molar-refractivity contribution in [2.24, 2.45) is 0 Å². The Hall–Kier alpha value is -1.30. The molecule has 114 valence electrons. The Balaban J connectivity index is 2.44. The molecule has 0 heterocycles. The molecule has 0 radical (unpaired) electrons. The molecule has 0 saturated heterocycles. The molecule has 1 aromatic rings. The number of nitrogens with one attached hydrogen (secondary N) is 1. The topological polar surface area (TPSA) is 60.0 Å². The van der Waals surface area contributed by atoms with Crippen LogP contribution in [0.25, 0.3) is 0 Å². The van der Waals surface area contributed by atoms with E-state index in [0.717, 1.165) is 30.0 Å². The molecule has 0 fully saturated rings. The average Bonchev–Trinajstić information content (AvgIpc) is 2.49. The summed E-state index contributed by atoms with van der Waals surface area (Å²) in [7, 11) is 3.30. The van der Waals surface area contributed by atoms with Crippen LogP contribution in [0.1, 0.15) is 24.9 Å². The van der Waals surface area contributed by atoms with Gasteiger partial charge in [0.25, 0.3) is 0 Å². The SMILES string of the molecule is COc1ccc(C(C)NCCCOCCO)c(OC)c1. The molecule has 0 aliphatic carbocycles. The van der Waals surface area contributed by atoms with Crippen molar-refractivity contribution >= 4 is 0 Å². The van der Waals surface area contributed by atoms with E-state index in [-0.39, 0.29) is 12.6 Å². The maximum atomic E-state index is 8.60. The molecule has 1 aromatic carbocycles. The number of rotatable bonds is 10. The van der Waals surface area contributed by atoms with Crippen LogP contribution in [0.15, 0.2) is 18.2 Å². The highest BCUT2D eigenvalue weighted by atomic mass is 16.5. The van der Waals surface area contributed by atoms with Gasteiger partial charge in [0.05, 0.1) is 27.4 Å². The Morgan fingerprint density at radius 2 is 2.00 bits per heavy atom. The van der Waals surface area contributed by atoms with E-state index in [1.54, 1.807) is 14.2 Å². The van der Waals surface area contributed by atoms with Crippen LogP contribution in [0.3, 0.4) is 0 Å². The van der Waals surface area contributed by atoms with Crippen molar-refractivity contribution < 1.29 is 19.3 Å². The minimum absolute atomic E-state index is 0.0763. The normalized spacial score (nSPS) is 12.2. The van der Waals surface area contributed by atoms with Gasteiger partial charge in [-0.3, -0.25) is 0 Å². The summed E-state index contributed by atoms with van der Waals surface area (Å²) < 4.78 is 15.8. The van der Waals surface area contributed by atoms with Gasteiger partial charge in [-0.25, -0.2) is 0 Å². The van der Waals surface area contributed by atoms with E-state index < -0.39 is 0 Å². The number of methoxy groups -OCH3 is 2. The third-order valence-corrected chi connectivity index (χ3v) is 3.06. The second-order valence-electron chi connectivity index (χ2n) is 4.47. The minimum Gasteiger partial charge on any atom is -0.497 e. The van der Waals surface area contributed by atoms with Crippen LogP contribution in [0.4, 0.5) is 0 Å². The molecule has 1 rings (SSSR count). The second kappa shape index (κ2) is 9.58. The largest absolute Gasteiger partial charge is 0.497 e. The quantitative estimate of drug-likeness (QED) is 0.641. The highest BCUT2D eigenvalue weighted by Crippen LogP contribution is 2.29. The maximum absolute atomic E-state index is 8.60. The Bertz CT molecular complexity index is 384. The van der Waals surface area contributed by atoms with Crippen molar-refractivity contribution in [2.75, 3.05) is 40.6 Å². The van der Waals surface area contributed by atoms with Crippen LogP contribution in [-0.2, 0) is 4.74 Å². The lowest BCUT2D eigenvalue weighted by Gasteiger charge is -2.18. The maximum Gasteiger partial charge on any atom is 0.127 e. The molecule has 1 atom stereocenters. The van der Waals surface area contributed by atoms with Crippen LogP contribution >= 0.6 is 0 Å². The van der Waals surface area contributed by atoms with Crippen molar-refractivity contribution in [3.63, 3.8) is 0 Å². The van der Waals surface area contributed by atoms with E-state index in [2.05, 4.69) is 12.2 Å². The van der Waals surface area contributed by atoms with Crippen LogP contribution in [-0.4, -0.2) is 45.7 Å². The number of aliphatic hydroxyl groups excluding tert-OH is 1. The van der Waals surface area contributed by atoms with Crippen molar-refractivity contribution in [3.8, 4) is 11.5 Å².